The summed E-state index contributed by atoms with van der Waals surface area (Å²) in [6.45, 7) is 1.71. The molecule has 0 radical (unpaired) electrons. The maximum absolute atomic E-state index is 13.3. The van der Waals surface area contributed by atoms with E-state index < -0.39 is 30.8 Å². The minimum atomic E-state index is -3.38. The van der Waals surface area contributed by atoms with Crippen molar-refractivity contribution in [2.45, 2.75) is 35.8 Å². The number of benzene rings is 3. The zero-order valence-electron chi connectivity index (χ0n) is 23.7. The van der Waals surface area contributed by atoms with Crippen LogP contribution < -0.4 is 0 Å². The van der Waals surface area contributed by atoms with Crippen LogP contribution in [-0.4, -0.2) is 64.7 Å². The van der Waals surface area contributed by atoms with Crippen molar-refractivity contribution in [2.75, 3.05) is 26.7 Å². The Balaban J connectivity index is 1.75. The Labute approximate surface area is 241 Å². The number of hydrogen-bond acceptors (Lipinski definition) is 7. The number of rotatable bonds is 10. The Hall–Kier alpha value is -3.60. The summed E-state index contributed by atoms with van der Waals surface area (Å²) in [5, 5.41) is 1.55. The Kier molecular flexibility index (Phi) is 8.96. The highest BCUT2D eigenvalue weighted by Crippen LogP contribution is 2.32. The lowest BCUT2D eigenvalue weighted by Crippen LogP contribution is -2.32. The van der Waals surface area contributed by atoms with E-state index in [9.17, 15) is 21.6 Å². The lowest BCUT2D eigenvalue weighted by atomic mass is 9.89. The van der Waals surface area contributed by atoms with Gasteiger partial charge in [0, 0.05) is 36.7 Å². The molecule has 1 heterocycles. The van der Waals surface area contributed by atoms with Gasteiger partial charge in [0.25, 0.3) is 5.91 Å². The molecule has 0 bridgehead atoms. The first kappa shape index (κ1) is 30.4. The number of hydrogen-bond donors (Lipinski definition) is 0. The molecule has 0 aliphatic heterocycles. The average molecular weight is 595 g/mol. The molecule has 0 N–H and O–H groups in total. The summed E-state index contributed by atoms with van der Waals surface area (Å²) in [5.41, 5.74) is 5.00. The molecule has 41 heavy (non-hydrogen) atoms. The van der Waals surface area contributed by atoms with Crippen LogP contribution in [0.15, 0.2) is 83.9 Å². The number of carbonyl (C=O) groups excluding carboxylic acids is 1. The fourth-order valence-corrected chi connectivity index (χ4v) is 5.91. The largest absolute Gasteiger partial charge is 0.275 e. The van der Waals surface area contributed by atoms with Gasteiger partial charge in [0.05, 0.1) is 28.7 Å². The summed E-state index contributed by atoms with van der Waals surface area (Å²) in [5.74, 6) is -0.894. The number of pyridine rings is 1. The van der Waals surface area contributed by atoms with Crippen LogP contribution in [0.3, 0.4) is 0 Å². The fraction of sp³-hybridized carbons (Fsp3) is 0.290. The van der Waals surface area contributed by atoms with Crippen molar-refractivity contribution in [1.82, 2.24) is 10.0 Å². The molecule has 8 nitrogen and oxygen atoms in total. The lowest BCUT2D eigenvalue weighted by molar-refractivity contribution is -0.170. The van der Waals surface area contributed by atoms with Gasteiger partial charge in [0.2, 0.25) is 0 Å². The van der Waals surface area contributed by atoms with Crippen molar-refractivity contribution in [2.24, 2.45) is 0 Å². The number of nitrogens with zero attached hydrogens (tertiary/aromatic N) is 2. The summed E-state index contributed by atoms with van der Waals surface area (Å²) in [6, 6.07) is 21.9. The van der Waals surface area contributed by atoms with Gasteiger partial charge >= 0.3 is 0 Å². The summed E-state index contributed by atoms with van der Waals surface area (Å²) >= 11 is 0. The Morgan fingerprint density at radius 3 is 2.24 bits per heavy atom. The van der Waals surface area contributed by atoms with E-state index in [1.807, 2.05) is 48.5 Å². The SMILES string of the molecule is CON(C)C(=O)C(Cc1cccc(-c2cc(CC(C)S(C)(=O)=O)cc3cccnc23)c1)c1ccc(S(C)(=O)=O)cc1. The molecule has 0 spiro atoms. The zero-order chi connectivity index (χ0) is 29.9. The summed E-state index contributed by atoms with van der Waals surface area (Å²) in [6.07, 6.45) is 4.83. The van der Waals surface area contributed by atoms with E-state index in [-0.39, 0.29) is 10.8 Å². The van der Waals surface area contributed by atoms with Gasteiger partial charge in [0.15, 0.2) is 9.84 Å². The first-order valence-corrected chi connectivity index (χ1v) is 16.9. The third-order valence-corrected chi connectivity index (χ3v) is 10.0. The van der Waals surface area contributed by atoms with Crippen LogP contribution in [0.5, 0.6) is 0 Å². The van der Waals surface area contributed by atoms with Crippen molar-refractivity contribution >= 4 is 36.5 Å². The number of fused-ring (bicyclic) bond motifs is 1. The number of sulfone groups is 2. The van der Waals surface area contributed by atoms with E-state index in [1.165, 1.54) is 37.6 Å². The topological polar surface area (TPSA) is 111 Å². The Bertz CT molecular complexity index is 1790. The second-order valence-electron chi connectivity index (χ2n) is 10.4. The van der Waals surface area contributed by atoms with Gasteiger partial charge in [-0.3, -0.25) is 14.6 Å². The molecule has 1 amide bonds. The molecule has 0 saturated heterocycles. The molecule has 1 aromatic heterocycles. The second kappa shape index (κ2) is 12.1. The van der Waals surface area contributed by atoms with Crippen LogP contribution in [0.1, 0.15) is 29.5 Å². The molecule has 0 saturated carbocycles. The highest BCUT2D eigenvalue weighted by atomic mass is 32.2. The molecule has 2 atom stereocenters. The van der Waals surface area contributed by atoms with Gasteiger partial charge in [0.1, 0.15) is 9.84 Å². The molecular formula is C31H34N2O6S2. The van der Waals surface area contributed by atoms with Crippen molar-refractivity contribution < 1.29 is 26.5 Å². The monoisotopic (exact) mass is 594 g/mol. The molecule has 0 aliphatic rings. The van der Waals surface area contributed by atoms with Gasteiger partial charge in [-0.25, -0.2) is 21.9 Å². The molecule has 0 aliphatic carbocycles. The predicted molar refractivity (Wildman–Crippen MR) is 161 cm³/mol. The van der Waals surface area contributed by atoms with E-state index in [0.717, 1.165) is 39.4 Å². The van der Waals surface area contributed by atoms with Crippen LogP contribution in [0.4, 0.5) is 0 Å². The van der Waals surface area contributed by atoms with E-state index in [1.54, 1.807) is 25.3 Å². The summed E-state index contributed by atoms with van der Waals surface area (Å²) in [7, 11) is -3.63. The van der Waals surface area contributed by atoms with Crippen LogP contribution >= 0.6 is 0 Å². The van der Waals surface area contributed by atoms with Gasteiger partial charge in [-0.05, 0) is 72.4 Å². The molecule has 0 fully saturated rings. The second-order valence-corrected chi connectivity index (χ2v) is 14.9. The number of aromatic nitrogens is 1. The smallest absolute Gasteiger partial charge is 0.253 e. The van der Waals surface area contributed by atoms with Crippen LogP contribution in [0.25, 0.3) is 22.0 Å². The Morgan fingerprint density at radius 1 is 0.902 bits per heavy atom. The molecule has 4 aromatic rings. The molecule has 3 aromatic carbocycles. The number of carbonyl (C=O) groups is 1. The molecule has 216 valence electrons. The van der Waals surface area contributed by atoms with Gasteiger partial charge in [-0.15, -0.1) is 0 Å². The highest BCUT2D eigenvalue weighted by Gasteiger charge is 2.26. The minimum Gasteiger partial charge on any atom is -0.275 e. The summed E-state index contributed by atoms with van der Waals surface area (Å²) < 4.78 is 48.2. The predicted octanol–water partition coefficient (Wildman–Crippen LogP) is 4.63. The molecule has 2 unspecified atom stereocenters. The van der Waals surface area contributed by atoms with E-state index >= 15 is 0 Å². The molecule has 10 heteroatoms. The maximum Gasteiger partial charge on any atom is 0.253 e. The number of hydroxylamine groups is 2. The first-order chi connectivity index (χ1) is 19.3. The van der Waals surface area contributed by atoms with E-state index in [2.05, 4.69) is 4.98 Å². The molecule has 4 rings (SSSR count). The maximum atomic E-state index is 13.3. The van der Waals surface area contributed by atoms with Crippen molar-refractivity contribution in [1.29, 1.82) is 0 Å². The zero-order valence-corrected chi connectivity index (χ0v) is 25.4. The standard InChI is InChI=1S/C31H34N2O6S2/c1-21(40(4,35)36)16-23-18-26-10-7-15-32-30(26)28(20-23)25-9-6-8-22(17-25)19-29(31(34)33(2)39-3)24-11-13-27(14-12-24)41(5,37)38/h6-15,17-18,20-21,29H,16,19H2,1-5H3. The minimum absolute atomic E-state index is 0.180. The average Bonchev–Trinajstić information content (AvgIpc) is 2.94. The first-order valence-electron chi connectivity index (χ1n) is 13.1. The highest BCUT2D eigenvalue weighted by molar-refractivity contribution is 7.91. The van der Waals surface area contributed by atoms with E-state index in [0.29, 0.717) is 18.4 Å². The quantitative estimate of drug-likeness (QED) is 0.246. The summed E-state index contributed by atoms with van der Waals surface area (Å²) in [4.78, 5) is 23.3. The third kappa shape index (κ3) is 7.19. The van der Waals surface area contributed by atoms with Gasteiger partial charge < -0.3 is 0 Å². The number of amides is 1. The fourth-order valence-electron chi connectivity index (χ4n) is 4.78. The molecular weight excluding hydrogens is 560 g/mol. The van der Waals surface area contributed by atoms with Crippen LogP contribution in [-0.2, 0) is 42.1 Å². The normalized spacial score (nSPS) is 13.6. The van der Waals surface area contributed by atoms with Gasteiger partial charge in [-0.2, -0.15) is 0 Å². The van der Waals surface area contributed by atoms with Crippen LogP contribution in [0.2, 0.25) is 0 Å². The van der Waals surface area contributed by atoms with Crippen molar-refractivity contribution in [3.8, 4) is 11.1 Å². The van der Waals surface area contributed by atoms with Crippen molar-refractivity contribution in [3.05, 3.63) is 95.7 Å². The van der Waals surface area contributed by atoms with E-state index in [4.69, 9.17) is 4.84 Å². The lowest BCUT2D eigenvalue weighted by Gasteiger charge is -2.23. The van der Waals surface area contributed by atoms with Crippen molar-refractivity contribution in [3.63, 3.8) is 0 Å². The van der Waals surface area contributed by atoms with Gasteiger partial charge in [-0.1, -0.05) is 42.5 Å². The Morgan fingerprint density at radius 2 is 1.61 bits per heavy atom. The number of likely N-dealkylation sites (N-methyl/N-ethyl adjacent to an activating group) is 1. The third-order valence-electron chi connectivity index (χ3n) is 7.29. The van der Waals surface area contributed by atoms with Crippen LogP contribution in [0, 0.1) is 0 Å².